The summed E-state index contributed by atoms with van der Waals surface area (Å²) < 4.78 is 2.35. The van der Waals surface area contributed by atoms with Crippen molar-refractivity contribution in [2.24, 2.45) is 0 Å². The van der Waals surface area contributed by atoms with E-state index in [0.29, 0.717) is 5.92 Å². The third-order valence-electron chi connectivity index (χ3n) is 5.71. The topological polar surface area (TPSA) is 46.0 Å². The second-order valence-electron chi connectivity index (χ2n) is 7.21. The highest BCUT2D eigenvalue weighted by molar-refractivity contribution is 5.85. The van der Waals surface area contributed by atoms with Crippen molar-refractivity contribution in [3.8, 4) is 0 Å². The summed E-state index contributed by atoms with van der Waals surface area (Å²) in [6, 6.07) is 6.66. The lowest BCUT2D eigenvalue weighted by molar-refractivity contribution is 0.199. The van der Waals surface area contributed by atoms with Gasteiger partial charge >= 0.3 is 0 Å². The molecule has 1 aromatic carbocycles. The van der Waals surface area contributed by atoms with E-state index in [4.69, 9.17) is 0 Å². The number of nitrogens with zero attached hydrogens (tertiary/aromatic N) is 4. The largest absolute Gasteiger partial charge is 0.312 e. The van der Waals surface area contributed by atoms with E-state index in [-0.39, 0.29) is 12.4 Å². The predicted octanol–water partition coefficient (Wildman–Crippen LogP) is 2.80. The molecule has 6 heteroatoms. The van der Waals surface area contributed by atoms with Crippen molar-refractivity contribution in [1.29, 1.82) is 0 Å². The number of aryl methyl sites for hydroxylation is 1. The van der Waals surface area contributed by atoms with Crippen molar-refractivity contribution in [2.75, 3.05) is 19.6 Å². The Bertz CT molecular complexity index is 719. The summed E-state index contributed by atoms with van der Waals surface area (Å²) in [7, 11) is 0. The lowest BCUT2D eigenvalue weighted by Gasteiger charge is -2.32. The summed E-state index contributed by atoms with van der Waals surface area (Å²) in [4.78, 5) is 2.59. The number of benzene rings is 1. The monoisotopic (exact) mass is 361 g/mol. The first kappa shape index (κ1) is 18.4. The van der Waals surface area contributed by atoms with Gasteiger partial charge in [-0.1, -0.05) is 18.2 Å². The highest BCUT2D eigenvalue weighted by atomic mass is 35.5. The highest BCUT2D eigenvalue weighted by Gasteiger charge is 2.27. The van der Waals surface area contributed by atoms with Crippen LogP contribution in [0.2, 0.25) is 0 Å². The van der Waals surface area contributed by atoms with Gasteiger partial charge in [-0.25, -0.2) is 0 Å². The van der Waals surface area contributed by atoms with Crippen molar-refractivity contribution in [3.63, 3.8) is 0 Å². The molecule has 2 aliphatic rings. The van der Waals surface area contributed by atoms with E-state index in [1.807, 2.05) is 0 Å². The molecular formula is C19H28ClN5. The van der Waals surface area contributed by atoms with Gasteiger partial charge in [-0.15, -0.1) is 22.6 Å². The van der Waals surface area contributed by atoms with Crippen LogP contribution in [0.15, 0.2) is 18.2 Å². The van der Waals surface area contributed by atoms with Crippen LogP contribution in [-0.2, 0) is 19.6 Å². The van der Waals surface area contributed by atoms with E-state index in [1.165, 1.54) is 35.4 Å². The molecule has 5 nitrogen and oxygen atoms in total. The van der Waals surface area contributed by atoms with Gasteiger partial charge in [0.1, 0.15) is 11.6 Å². The van der Waals surface area contributed by atoms with E-state index < -0.39 is 0 Å². The Kier molecular flexibility index (Phi) is 5.77. The molecule has 1 N–H and O–H groups in total. The molecule has 0 amide bonds. The molecule has 0 bridgehead atoms. The molecule has 0 unspecified atom stereocenters. The Hall–Kier alpha value is -1.43. The van der Waals surface area contributed by atoms with Gasteiger partial charge < -0.3 is 9.88 Å². The quantitative estimate of drug-likeness (QED) is 0.913. The van der Waals surface area contributed by atoms with E-state index in [9.17, 15) is 0 Å². The van der Waals surface area contributed by atoms with Gasteiger partial charge in [0.25, 0.3) is 0 Å². The molecule has 0 aliphatic carbocycles. The number of hydrogen-bond donors (Lipinski definition) is 1. The van der Waals surface area contributed by atoms with Crippen LogP contribution in [0.5, 0.6) is 0 Å². The van der Waals surface area contributed by atoms with Crippen molar-refractivity contribution >= 4 is 12.4 Å². The Morgan fingerprint density at radius 1 is 1.12 bits per heavy atom. The minimum atomic E-state index is 0. The molecule has 1 saturated heterocycles. The molecule has 3 heterocycles. The van der Waals surface area contributed by atoms with E-state index >= 15 is 0 Å². The second-order valence-corrected chi connectivity index (χ2v) is 7.21. The number of rotatable bonds is 3. The van der Waals surface area contributed by atoms with Gasteiger partial charge in [0.15, 0.2) is 0 Å². The summed E-state index contributed by atoms with van der Waals surface area (Å²) in [5.41, 5.74) is 4.31. The first-order chi connectivity index (χ1) is 11.7. The molecule has 0 saturated carbocycles. The summed E-state index contributed by atoms with van der Waals surface area (Å²) in [5, 5.41) is 12.3. The fraction of sp³-hybridized carbons (Fsp3) is 0.579. The van der Waals surface area contributed by atoms with E-state index in [0.717, 1.165) is 45.1 Å². The molecule has 0 spiro atoms. The third kappa shape index (κ3) is 3.73. The smallest absolute Gasteiger partial charge is 0.147 e. The average Bonchev–Trinajstić information content (AvgIpc) is 3.04. The van der Waals surface area contributed by atoms with Crippen molar-refractivity contribution in [3.05, 3.63) is 46.5 Å². The van der Waals surface area contributed by atoms with Crippen LogP contribution in [0.1, 0.15) is 47.1 Å². The lowest BCUT2D eigenvalue weighted by atomic mass is 9.94. The van der Waals surface area contributed by atoms with Gasteiger partial charge in [0, 0.05) is 25.6 Å². The van der Waals surface area contributed by atoms with Crippen LogP contribution in [-0.4, -0.2) is 39.3 Å². The van der Waals surface area contributed by atoms with Crippen molar-refractivity contribution in [2.45, 2.75) is 52.2 Å². The molecule has 25 heavy (non-hydrogen) atoms. The zero-order chi connectivity index (χ0) is 16.5. The Morgan fingerprint density at radius 2 is 1.92 bits per heavy atom. The maximum atomic E-state index is 4.51. The van der Waals surface area contributed by atoms with Crippen molar-refractivity contribution in [1.82, 2.24) is 25.0 Å². The molecule has 4 rings (SSSR count). The van der Waals surface area contributed by atoms with Gasteiger partial charge in [-0.2, -0.15) is 0 Å². The number of hydrogen-bond acceptors (Lipinski definition) is 4. The molecule has 2 aromatic rings. The summed E-state index contributed by atoms with van der Waals surface area (Å²) >= 11 is 0. The fourth-order valence-corrected chi connectivity index (χ4v) is 3.99. The predicted molar refractivity (Wildman–Crippen MR) is 102 cm³/mol. The molecule has 0 radical (unpaired) electrons. The summed E-state index contributed by atoms with van der Waals surface area (Å²) in [5.74, 6) is 2.89. The zero-order valence-corrected chi connectivity index (χ0v) is 16.0. The Morgan fingerprint density at radius 3 is 2.72 bits per heavy atom. The van der Waals surface area contributed by atoms with Crippen LogP contribution in [0.3, 0.4) is 0 Å². The third-order valence-corrected chi connectivity index (χ3v) is 5.71. The number of fused-ring (bicyclic) bond motifs is 1. The minimum Gasteiger partial charge on any atom is -0.312 e. The second kappa shape index (κ2) is 7.85. The van der Waals surface area contributed by atoms with Crippen molar-refractivity contribution < 1.29 is 0 Å². The highest BCUT2D eigenvalue weighted by Crippen LogP contribution is 2.29. The van der Waals surface area contributed by atoms with Gasteiger partial charge in [-0.05, 0) is 56.5 Å². The van der Waals surface area contributed by atoms with Crippen LogP contribution >= 0.6 is 12.4 Å². The molecular weight excluding hydrogens is 334 g/mol. The first-order valence-corrected chi connectivity index (χ1v) is 9.12. The standard InChI is InChI=1S/C19H27N5.ClH/c1-14-4-3-5-17(15(14)2)13-23-9-6-16(7-10-23)19-22-21-18-12-20-8-11-24(18)19;/h3-5,16,20H,6-13H2,1-2H3;1H. The molecule has 1 fully saturated rings. The maximum absolute atomic E-state index is 4.51. The van der Waals surface area contributed by atoms with Crippen LogP contribution in [0.25, 0.3) is 0 Å². The Balaban J connectivity index is 0.00000182. The average molecular weight is 362 g/mol. The number of halogens is 1. The fourth-order valence-electron chi connectivity index (χ4n) is 3.99. The van der Waals surface area contributed by atoms with Gasteiger partial charge in [0.05, 0.1) is 6.54 Å². The molecule has 2 aliphatic heterocycles. The number of aromatic nitrogens is 3. The SMILES string of the molecule is Cc1cccc(CN2CCC(c3nnc4n3CCNC4)CC2)c1C.Cl. The summed E-state index contributed by atoms with van der Waals surface area (Å²) in [6.07, 6.45) is 2.38. The van der Waals surface area contributed by atoms with Gasteiger partial charge in [0.2, 0.25) is 0 Å². The Labute approximate surface area is 156 Å². The zero-order valence-electron chi connectivity index (χ0n) is 15.2. The maximum Gasteiger partial charge on any atom is 0.147 e. The van der Waals surface area contributed by atoms with E-state index in [2.05, 4.69) is 57.0 Å². The molecule has 0 atom stereocenters. The van der Waals surface area contributed by atoms with Crippen LogP contribution < -0.4 is 5.32 Å². The number of nitrogens with one attached hydrogen (secondary N) is 1. The number of likely N-dealkylation sites (tertiary alicyclic amines) is 1. The number of piperidine rings is 1. The molecule has 136 valence electrons. The van der Waals surface area contributed by atoms with Crippen LogP contribution in [0.4, 0.5) is 0 Å². The first-order valence-electron chi connectivity index (χ1n) is 9.12. The van der Waals surface area contributed by atoms with Gasteiger partial charge in [-0.3, -0.25) is 4.90 Å². The molecule has 1 aromatic heterocycles. The lowest BCUT2D eigenvalue weighted by Crippen LogP contribution is -2.35. The summed E-state index contributed by atoms with van der Waals surface area (Å²) in [6.45, 7) is 10.7. The minimum absolute atomic E-state index is 0. The van der Waals surface area contributed by atoms with E-state index in [1.54, 1.807) is 0 Å². The normalized spacial score (nSPS) is 18.6. The van der Waals surface area contributed by atoms with Crippen LogP contribution in [0, 0.1) is 13.8 Å².